The predicted molar refractivity (Wildman–Crippen MR) is 84.1 cm³/mol. The first-order valence-electron chi connectivity index (χ1n) is 7.86. The second kappa shape index (κ2) is 7.94. The standard InChI is InChI=1S/C17H24N2O3/c1-2-22-17(21)14-9-6-10-19(12-14)16(20)15(18)11-13-7-4-3-5-8-13/h3-5,7-8,14-15H,2,6,9-12,18H2,1H3/t14?,15-/m0/s1. The van der Waals surface area contributed by atoms with Gasteiger partial charge in [-0.25, -0.2) is 0 Å². The number of hydrogen-bond donors (Lipinski definition) is 1. The van der Waals surface area contributed by atoms with Gasteiger partial charge in [-0.3, -0.25) is 9.59 Å². The smallest absolute Gasteiger partial charge is 0.310 e. The average molecular weight is 304 g/mol. The second-order valence-electron chi connectivity index (χ2n) is 5.67. The Morgan fingerprint density at radius 1 is 1.36 bits per heavy atom. The SMILES string of the molecule is CCOC(=O)C1CCCN(C(=O)[C@@H](N)Cc2ccccc2)C1. The molecule has 1 aliphatic rings. The third kappa shape index (κ3) is 4.31. The number of likely N-dealkylation sites (tertiary alicyclic amines) is 1. The summed E-state index contributed by atoms with van der Waals surface area (Å²) in [6, 6.07) is 9.17. The first-order chi connectivity index (χ1) is 10.6. The summed E-state index contributed by atoms with van der Waals surface area (Å²) in [5.74, 6) is -0.518. The van der Waals surface area contributed by atoms with Crippen molar-refractivity contribution in [2.75, 3.05) is 19.7 Å². The summed E-state index contributed by atoms with van der Waals surface area (Å²) in [5.41, 5.74) is 7.10. The van der Waals surface area contributed by atoms with Crippen molar-refractivity contribution in [3.63, 3.8) is 0 Å². The van der Waals surface area contributed by atoms with Crippen LogP contribution in [0, 0.1) is 5.92 Å². The molecule has 0 spiro atoms. The van der Waals surface area contributed by atoms with Crippen molar-refractivity contribution < 1.29 is 14.3 Å². The Morgan fingerprint density at radius 2 is 2.09 bits per heavy atom. The molecule has 2 N–H and O–H groups in total. The number of hydrogen-bond acceptors (Lipinski definition) is 4. The molecule has 22 heavy (non-hydrogen) atoms. The van der Waals surface area contributed by atoms with Gasteiger partial charge in [-0.15, -0.1) is 0 Å². The molecule has 0 radical (unpaired) electrons. The Morgan fingerprint density at radius 3 is 2.77 bits per heavy atom. The zero-order valence-electron chi connectivity index (χ0n) is 13.0. The monoisotopic (exact) mass is 304 g/mol. The lowest BCUT2D eigenvalue weighted by Gasteiger charge is -2.33. The number of carbonyl (C=O) groups is 2. The highest BCUT2D eigenvalue weighted by Crippen LogP contribution is 2.19. The third-order valence-electron chi connectivity index (χ3n) is 3.97. The van der Waals surface area contributed by atoms with Crippen LogP contribution in [0.25, 0.3) is 0 Å². The highest BCUT2D eigenvalue weighted by molar-refractivity contribution is 5.83. The van der Waals surface area contributed by atoms with Gasteiger partial charge in [-0.2, -0.15) is 0 Å². The molecular weight excluding hydrogens is 280 g/mol. The summed E-state index contributed by atoms with van der Waals surface area (Å²) < 4.78 is 5.06. The minimum Gasteiger partial charge on any atom is -0.466 e. The van der Waals surface area contributed by atoms with Crippen LogP contribution in [0.5, 0.6) is 0 Å². The lowest BCUT2D eigenvalue weighted by Crippen LogP contribution is -2.50. The molecule has 5 heteroatoms. The molecule has 2 rings (SSSR count). The first kappa shape index (κ1) is 16.5. The molecule has 120 valence electrons. The quantitative estimate of drug-likeness (QED) is 0.834. The maximum atomic E-state index is 12.5. The second-order valence-corrected chi connectivity index (χ2v) is 5.67. The largest absolute Gasteiger partial charge is 0.466 e. The Labute approximate surface area is 131 Å². The molecule has 0 bridgehead atoms. The van der Waals surface area contributed by atoms with E-state index < -0.39 is 6.04 Å². The summed E-state index contributed by atoms with van der Waals surface area (Å²) in [6.45, 7) is 3.24. The van der Waals surface area contributed by atoms with Crippen LogP contribution in [0.4, 0.5) is 0 Å². The molecule has 5 nitrogen and oxygen atoms in total. The number of nitrogens with zero attached hydrogens (tertiary/aromatic N) is 1. The number of nitrogens with two attached hydrogens (primary N) is 1. The van der Waals surface area contributed by atoms with Crippen LogP contribution < -0.4 is 5.73 Å². The van der Waals surface area contributed by atoms with Crippen LogP contribution in [-0.4, -0.2) is 42.5 Å². The van der Waals surface area contributed by atoms with E-state index in [2.05, 4.69) is 0 Å². The molecule has 1 unspecified atom stereocenters. The van der Waals surface area contributed by atoms with Crippen LogP contribution in [0.1, 0.15) is 25.3 Å². The molecule has 0 aromatic heterocycles. The lowest BCUT2D eigenvalue weighted by atomic mass is 9.97. The van der Waals surface area contributed by atoms with Gasteiger partial charge in [-0.05, 0) is 31.7 Å². The summed E-state index contributed by atoms with van der Waals surface area (Å²) in [5, 5.41) is 0. The predicted octanol–water partition coefficient (Wildman–Crippen LogP) is 1.36. The molecule has 1 heterocycles. The van der Waals surface area contributed by atoms with E-state index in [1.807, 2.05) is 30.3 Å². The van der Waals surface area contributed by atoms with Crippen molar-refractivity contribution in [2.24, 2.45) is 11.7 Å². The number of esters is 1. The number of benzene rings is 1. The molecule has 1 aromatic rings. The van der Waals surface area contributed by atoms with Crippen molar-refractivity contribution in [1.29, 1.82) is 0 Å². The molecule has 2 atom stereocenters. The highest BCUT2D eigenvalue weighted by atomic mass is 16.5. The van der Waals surface area contributed by atoms with E-state index in [9.17, 15) is 9.59 Å². The molecule has 0 aliphatic carbocycles. The van der Waals surface area contributed by atoms with Crippen molar-refractivity contribution in [1.82, 2.24) is 4.90 Å². The Balaban J connectivity index is 1.92. The molecule has 1 aliphatic heterocycles. The van der Waals surface area contributed by atoms with Gasteiger partial charge in [0.1, 0.15) is 0 Å². The molecule has 0 saturated carbocycles. The van der Waals surface area contributed by atoms with Crippen molar-refractivity contribution in [3.05, 3.63) is 35.9 Å². The van der Waals surface area contributed by atoms with Gasteiger partial charge in [0, 0.05) is 13.1 Å². The van der Waals surface area contributed by atoms with Gasteiger partial charge in [0.05, 0.1) is 18.6 Å². The number of carbonyl (C=O) groups excluding carboxylic acids is 2. The summed E-state index contributed by atoms with van der Waals surface area (Å²) in [7, 11) is 0. The topological polar surface area (TPSA) is 72.6 Å². The number of amides is 1. The van der Waals surface area contributed by atoms with E-state index in [1.165, 1.54) is 0 Å². The lowest BCUT2D eigenvalue weighted by molar-refractivity contribution is -0.151. The Kier molecular flexibility index (Phi) is 5.95. The van der Waals surface area contributed by atoms with E-state index >= 15 is 0 Å². The zero-order valence-corrected chi connectivity index (χ0v) is 13.0. The van der Waals surface area contributed by atoms with E-state index in [0.29, 0.717) is 26.1 Å². The van der Waals surface area contributed by atoms with E-state index in [1.54, 1.807) is 11.8 Å². The van der Waals surface area contributed by atoms with E-state index in [4.69, 9.17) is 10.5 Å². The molecule has 1 amide bonds. The minimum absolute atomic E-state index is 0.0853. The van der Waals surface area contributed by atoms with Crippen LogP contribution in [0.15, 0.2) is 30.3 Å². The third-order valence-corrected chi connectivity index (χ3v) is 3.97. The average Bonchev–Trinajstić information content (AvgIpc) is 2.55. The fourth-order valence-corrected chi connectivity index (χ4v) is 2.82. The maximum Gasteiger partial charge on any atom is 0.310 e. The van der Waals surface area contributed by atoms with Gasteiger partial charge < -0.3 is 15.4 Å². The van der Waals surface area contributed by atoms with Gasteiger partial charge in [-0.1, -0.05) is 30.3 Å². The minimum atomic E-state index is -0.566. The summed E-state index contributed by atoms with van der Waals surface area (Å²) in [6.07, 6.45) is 2.10. The van der Waals surface area contributed by atoms with Gasteiger partial charge in [0.25, 0.3) is 0 Å². The first-order valence-corrected chi connectivity index (χ1v) is 7.86. The highest BCUT2D eigenvalue weighted by Gasteiger charge is 2.31. The van der Waals surface area contributed by atoms with Gasteiger partial charge in [0.2, 0.25) is 5.91 Å². The maximum absolute atomic E-state index is 12.5. The Hall–Kier alpha value is -1.88. The normalized spacial score (nSPS) is 19.5. The number of ether oxygens (including phenoxy) is 1. The Bertz CT molecular complexity index is 504. The number of rotatable bonds is 5. The van der Waals surface area contributed by atoms with Crippen molar-refractivity contribution >= 4 is 11.9 Å². The summed E-state index contributed by atoms with van der Waals surface area (Å²) in [4.78, 5) is 26.0. The molecule has 1 saturated heterocycles. The van der Waals surface area contributed by atoms with Gasteiger partial charge in [0.15, 0.2) is 0 Å². The molecule has 1 aromatic carbocycles. The van der Waals surface area contributed by atoms with Crippen LogP contribution in [-0.2, 0) is 20.7 Å². The van der Waals surface area contributed by atoms with Crippen molar-refractivity contribution in [2.45, 2.75) is 32.2 Å². The number of piperidine rings is 1. The molecular formula is C17H24N2O3. The van der Waals surface area contributed by atoms with E-state index in [0.717, 1.165) is 18.4 Å². The van der Waals surface area contributed by atoms with Crippen LogP contribution in [0.2, 0.25) is 0 Å². The zero-order chi connectivity index (χ0) is 15.9. The van der Waals surface area contributed by atoms with Crippen LogP contribution >= 0.6 is 0 Å². The van der Waals surface area contributed by atoms with E-state index in [-0.39, 0.29) is 17.8 Å². The van der Waals surface area contributed by atoms with Crippen LogP contribution in [0.3, 0.4) is 0 Å². The van der Waals surface area contributed by atoms with Gasteiger partial charge >= 0.3 is 5.97 Å². The fourth-order valence-electron chi connectivity index (χ4n) is 2.82. The summed E-state index contributed by atoms with van der Waals surface area (Å²) >= 11 is 0. The fraction of sp³-hybridized carbons (Fsp3) is 0.529. The van der Waals surface area contributed by atoms with Crippen molar-refractivity contribution in [3.8, 4) is 0 Å². The molecule has 1 fully saturated rings.